The van der Waals surface area contributed by atoms with Crippen LogP contribution in [0.3, 0.4) is 0 Å². The van der Waals surface area contributed by atoms with Gasteiger partial charge < -0.3 is 16.2 Å². The van der Waals surface area contributed by atoms with E-state index in [4.69, 9.17) is 5.73 Å². The van der Waals surface area contributed by atoms with Gasteiger partial charge >= 0.3 is 0 Å². The van der Waals surface area contributed by atoms with Gasteiger partial charge in [-0.25, -0.2) is 0 Å². The van der Waals surface area contributed by atoms with E-state index >= 15 is 0 Å². The Bertz CT molecular complexity index is 375. The molecule has 1 aromatic rings. The van der Waals surface area contributed by atoms with Gasteiger partial charge in [0.05, 0.1) is 6.04 Å². The molecule has 0 aliphatic carbocycles. The molecule has 1 fully saturated rings. The number of phenolic OH excluding ortho intramolecular Hbond substituents is 1. The van der Waals surface area contributed by atoms with Crippen molar-refractivity contribution in [3.63, 3.8) is 0 Å². The van der Waals surface area contributed by atoms with E-state index in [1.54, 1.807) is 12.1 Å². The molecule has 0 spiro atoms. The van der Waals surface area contributed by atoms with E-state index in [0.717, 1.165) is 12.0 Å². The van der Waals surface area contributed by atoms with Crippen LogP contribution in [-0.4, -0.2) is 23.6 Å². The molecular formula is C12H16N2O2. The monoisotopic (exact) mass is 220 g/mol. The molecule has 1 aliphatic heterocycles. The molecule has 2 unspecified atom stereocenters. The Labute approximate surface area is 94.5 Å². The first-order valence-electron chi connectivity index (χ1n) is 5.49. The Morgan fingerprint density at radius 3 is 2.62 bits per heavy atom. The van der Waals surface area contributed by atoms with Gasteiger partial charge in [-0.1, -0.05) is 12.1 Å². The highest BCUT2D eigenvalue weighted by Crippen LogP contribution is 2.24. The lowest BCUT2D eigenvalue weighted by Crippen LogP contribution is -2.38. The first kappa shape index (κ1) is 11.0. The van der Waals surface area contributed by atoms with Gasteiger partial charge in [-0.15, -0.1) is 0 Å². The molecule has 1 aliphatic rings. The van der Waals surface area contributed by atoms with Crippen molar-refractivity contribution in [2.75, 3.05) is 6.54 Å². The lowest BCUT2D eigenvalue weighted by atomic mass is 9.94. The highest BCUT2D eigenvalue weighted by atomic mass is 16.3. The lowest BCUT2D eigenvalue weighted by Gasteiger charge is -2.14. The summed E-state index contributed by atoms with van der Waals surface area (Å²) in [5.41, 5.74) is 6.82. The fourth-order valence-corrected chi connectivity index (χ4v) is 2.00. The number of carbonyl (C=O) groups is 1. The zero-order valence-electron chi connectivity index (χ0n) is 9.02. The third-order valence-corrected chi connectivity index (χ3v) is 3.05. The van der Waals surface area contributed by atoms with Gasteiger partial charge in [0.1, 0.15) is 5.75 Å². The molecule has 86 valence electrons. The van der Waals surface area contributed by atoms with Crippen LogP contribution in [0.2, 0.25) is 0 Å². The Balaban J connectivity index is 2.10. The summed E-state index contributed by atoms with van der Waals surface area (Å²) in [7, 11) is 0. The predicted octanol–water partition coefficient (Wildman–Crippen LogP) is 0.713. The molecule has 16 heavy (non-hydrogen) atoms. The predicted molar refractivity (Wildman–Crippen MR) is 61.1 cm³/mol. The van der Waals surface area contributed by atoms with Gasteiger partial charge in [0, 0.05) is 12.5 Å². The summed E-state index contributed by atoms with van der Waals surface area (Å²) in [5.74, 6) is 0.484. The summed E-state index contributed by atoms with van der Waals surface area (Å²) >= 11 is 0. The Morgan fingerprint density at radius 2 is 1.94 bits per heavy atom. The largest absolute Gasteiger partial charge is 0.508 e. The van der Waals surface area contributed by atoms with E-state index in [-0.39, 0.29) is 23.6 Å². The van der Waals surface area contributed by atoms with Crippen LogP contribution < -0.4 is 11.1 Å². The summed E-state index contributed by atoms with van der Waals surface area (Å²) in [5, 5.41) is 12.0. The highest BCUT2D eigenvalue weighted by Gasteiger charge is 2.22. The molecule has 2 atom stereocenters. The quantitative estimate of drug-likeness (QED) is 0.652. The number of benzene rings is 1. The molecule has 4 nitrogen and oxygen atoms in total. The van der Waals surface area contributed by atoms with Gasteiger partial charge in [-0.05, 0) is 30.5 Å². The fraction of sp³-hybridized carbons (Fsp3) is 0.417. The van der Waals surface area contributed by atoms with Crippen molar-refractivity contribution in [2.45, 2.75) is 24.8 Å². The minimum Gasteiger partial charge on any atom is -0.508 e. The molecule has 1 saturated heterocycles. The topological polar surface area (TPSA) is 75.3 Å². The summed E-state index contributed by atoms with van der Waals surface area (Å²) in [6.07, 6.45) is 1.60. The molecule has 1 aromatic carbocycles. The average Bonchev–Trinajstić information content (AvgIpc) is 2.44. The van der Waals surface area contributed by atoms with Crippen LogP contribution in [0.15, 0.2) is 24.3 Å². The fourth-order valence-electron chi connectivity index (χ4n) is 2.00. The van der Waals surface area contributed by atoms with Gasteiger partial charge in [0.15, 0.2) is 0 Å². The van der Waals surface area contributed by atoms with Crippen LogP contribution in [0.1, 0.15) is 24.3 Å². The first-order chi connectivity index (χ1) is 7.66. The number of amides is 1. The lowest BCUT2D eigenvalue weighted by molar-refractivity contribution is -0.122. The van der Waals surface area contributed by atoms with Gasteiger partial charge in [0.25, 0.3) is 0 Å². The van der Waals surface area contributed by atoms with Crippen LogP contribution in [0.5, 0.6) is 5.75 Å². The standard InChI is InChI=1S/C12H16N2O2/c13-11-6-3-9(7-14-12(11)16)8-1-4-10(15)5-2-8/h1-2,4-5,9,11,15H,3,6-7,13H2,(H,14,16). The van der Waals surface area contributed by atoms with Gasteiger partial charge in [-0.2, -0.15) is 0 Å². The van der Waals surface area contributed by atoms with Gasteiger partial charge in [0.2, 0.25) is 5.91 Å². The van der Waals surface area contributed by atoms with Crippen molar-refractivity contribution >= 4 is 5.91 Å². The van der Waals surface area contributed by atoms with Crippen LogP contribution in [0.25, 0.3) is 0 Å². The average molecular weight is 220 g/mol. The minimum atomic E-state index is -0.387. The Morgan fingerprint density at radius 1 is 1.25 bits per heavy atom. The number of nitrogens with two attached hydrogens (primary N) is 1. The van der Waals surface area contributed by atoms with Crippen LogP contribution in [0, 0.1) is 0 Å². The number of hydrogen-bond donors (Lipinski definition) is 3. The zero-order chi connectivity index (χ0) is 11.5. The normalized spacial score (nSPS) is 25.9. The van der Waals surface area contributed by atoms with Crippen molar-refractivity contribution < 1.29 is 9.90 Å². The second kappa shape index (κ2) is 4.53. The molecule has 4 N–H and O–H groups in total. The zero-order valence-corrected chi connectivity index (χ0v) is 9.02. The maximum Gasteiger partial charge on any atom is 0.236 e. The summed E-state index contributed by atoms with van der Waals surface area (Å²) in [4.78, 5) is 11.4. The van der Waals surface area contributed by atoms with Crippen LogP contribution in [-0.2, 0) is 4.79 Å². The Kier molecular flexibility index (Phi) is 3.10. The third kappa shape index (κ3) is 2.33. The van der Waals surface area contributed by atoms with Crippen LogP contribution in [0.4, 0.5) is 0 Å². The molecule has 1 amide bonds. The van der Waals surface area contributed by atoms with E-state index < -0.39 is 0 Å². The van der Waals surface area contributed by atoms with Crippen molar-refractivity contribution in [1.82, 2.24) is 5.32 Å². The first-order valence-corrected chi connectivity index (χ1v) is 5.49. The maximum atomic E-state index is 11.4. The summed E-state index contributed by atoms with van der Waals surface area (Å²) in [6, 6.07) is 6.73. The minimum absolute atomic E-state index is 0.0683. The number of hydrogen-bond acceptors (Lipinski definition) is 3. The SMILES string of the molecule is NC1CCC(c2ccc(O)cc2)CNC1=O. The van der Waals surface area contributed by atoms with E-state index in [2.05, 4.69) is 5.32 Å². The van der Waals surface area contributed by atoms with Crippen LogP contribution >= 0.6 is 0 Å². The molecule has 4 heteroatoms. The molecule has 0 radical (unpaired) electrons. The summed E-state index contributed by atoms with van der Waals surface area (Å²) < 4.78 is 0. The third-order valence-electron chi connectivity index (χ3n) is 3.05. The second-order valence-corrected chi connectivity index (χ2v) is 4.22. The molecule has 0 bridgehead atoms. The molecule has 1 heterocycles. The van der Waals surface area contributed by atoms with Crippen molar-refractivity contribution in [1.29, 1.82) is 0 Å². The molecule has 0 aromatic heterocycles. The van der Waals surface area contributed by atoms with E-state index in [0.29, 0.717) is 13.0 Å². The van der Waals surface area contributed by atoms with Gasteiger partial charge in [-0.3, -0.25) is 4.79 Å². The molecular weight excluding hydrogens is 204 g/mol. The highest BCUT2D eigenvalue weighted by molar-refractivity contribution is 5.81. The van der Waals surface area contributed by atoms with E-state index in [9.17, 15) is 9.90 Å². The van der Waals surface area contributed by atoms with Crippen molar-refractivity contribution in [3.8, 4) is 5.75 Å². The number of phenols is 1. The van der Waals surface area contributed by atoms with E-state index in [1.165, 1.54) is 0 Å². The molecule has 0 saturated carbocycles. The van der Waals surface area contributed by atoms with Crippen molar-refractivity contribution in [3.05, 3.63) is 29.8 Å². The maximum absolute atomic E-state index is 11.4. The number of nitrogens with one attached hydrogen (secondary N) is 1. The molecule has 2 rings (SSSR count). The van der Waals surface area contributed by atoms with Crippen molar-refractivity contribution in [2.24, 2.45) is 5.73 Å². The smallest absolute Gasteiger partial charge is 0.236 e. The Hall–Kier alpha value is -1.55. The number of rotatable bonds is 1. The number of aromatic hydroxyl groups is 1. The van der Waals surface area contributed by atoms with E-state index in [1.807, 2.05) is 12.1 Å². The second-order valence-electron chi connectivity index (χ2n) is 4.22. The summed E-state index contributed by atoms with van der Waals surface area (Å²) in [6.45, 7) is 0.622. The number of carbonyl (C=O) groups excluding carboxylic acids is 1.